The van der Waals surface area contributed by atoms with Crippen LogP contribution in [0.4, 0.5) is 0 Å². The van der Waals surface area contributed by atoms with Crippen LogP contribution in [-0.2, 0) is 0 Å². The van der Waals surface area contributed by atoms with Gasteiger partial charge in [0.05, 0.1) is 0 Å². The maximum atomic E-state index is 6.55. The summed E-state index contributed by atoms with van der Waals surface area (Å²) in [5.74, 6) is 0.955. The standard InChI is InChI=1S/C30H24OSi/c1-32(2)26-20-12-10-18-24(26)28(30(32)22-15-7-4-8-16-22)27-23-17-9-11-19-25(23)31-29(27)21-13-5-3-6-14-21/h3-20H,1-2H3. The molecule has 1 aliphatic heterocycles. The molecular formula is C30H24OSi. The van der Waals surface area contributed by atoms with Crippen molar-refractivity contribution in [2.45, 2.75) is 13.1 Å². The van der Waals surface area contributed by atoms with E-state index in [-0.39, 0.29) is 0 Å². The number of para-hydroxylation sites is 1. The van der Waals surface area contributed by atoms with E-state index in [1.807, 2.05) is 0 Å². The zero-order valence-electron chi connectivity index (χ0n) is 18.3. The first-order chi connectivity index (χ1) is 15.7. The third-order valence-electron chi connectivity index (χ3n) is 6.69. The van der Waals surface area contributed by atoms with Gasteiger partial charge in [-0.2, -0.15) is 0 Å². The Labute approximate surface area is 189 Å². The molecule has 0 aliphatic carbocycles. The Hall–Kier alpha value is -3.62. The summed E-state index contributed by atoms with van der Waals surface area (Å²) in [6.45, 7) is 4.96. The molecule has 0 amide bonds. The minimum atomic E-state index is -1.92. The number of hydrogen-bond acceptors (Lipinski definition) is 1. The molecule has 154 valence electrons. The summed E-state index contributed by atoms with van der Waals surface area (Å²) < 4.78 is 6.55. The highest BCUT2D eigenvalue weighted by Gasteiger charge is 2.42. The summed E-state index contributed by atoms with van der Waals surface area (Å²) in [5.41, 5.74) is 7.28. The Morgan fingerprint density at radius 2 is 1.19 bits per heavy atom. The van der Waals surface area contributed by atoms with Gasteiger partial charge < -0.3 is 4.42 Å². The molecular weight excluding hydrogens is 404 g/mol. The lowest BCUT2D eigenvalue weighted by atomic mass is 9.91. The molecule has 2 heteroatoms. The first-order valence-electron chi connectivity index (χ1n) is 11.1. The van der Waals surface area contributed by atoms with Gasteiger partial charge in [0.15, 0.2) is 0 Å². The molecule has 0 radical (unpaired) electrons. The molecule has 0 atom stereocenters. The Morgan fingerprint density at radius 1 is 0.594 bits per heavy atom. The van der Waals surface area contributed by atoms with Crippen molar-refractivity contribution in [2.75, 3.05) is 0 Å². The average molecular weight is 429 g/mol. The molecule has 32 heavy (non-hydrogen) atoms. The van der Waals surface area contributed by atoms with Crippen molar-refractivity contribution in [3.05, 3.63) is 126 Å². The molecule has 0 N–H and O–H groups in total. The van der Waals surface area contributed by atoms with Gasteiger partial charge in [-0.25, -0.2) is 0 Å². The first kappa shape index (κ1) is 19.1. The second-order valence-electron chi connectivity index (χ2n) is 8.95. The summed E-state index contributed by atoms with van der Waals surface area (Å²) in [5, 5.41) is 4.16. The highest BCUT2D eigenvalue weighted by atomic mass is 28.3. The van der Waals surface area contributed by atoms with Gasteiger partial charge in [-0.1, -0.05) is 116 Å². The highest BCUT2D eigenvalue weighted by Crippen LogP contribution is 2.48. The predicted octanol–water partition coefficient (Wildman–Crippen LogP) is 7.53. The van der Waals surface area contributed by atoms with Gasteiger partial charge in [0, 0.05) is 16.5 Å². The van der Waals surface area contributed by atoms with E-state index < -0.39 is 8.07 Å². The minimum absolute atomic E-state index is 0.935. The monoisotopic (exact) mass is 428 g/mol. The maximum Gasteiger partial charge on any atom is 0.143 e. The SMILES string of the molecule is C[Si]1(C)C(c2ccccc2)=C(c2c(-c3ccccc3)oc3ccccc23)c2ccccc21. The van der Waals surface area contributed by atoms with Crippen LogP contribution < -0.4 is 5.19 Å². The van der Waals surface area contributed by atoms with Crippen LogP contribution in [-0.4, -0.2) is 8.07 Å². The van der Waals surface area contributed by atoms with Crippen molar-refractivity contribution in [1.29, 1.82) is 0 Å². The largest absolute Gasteiger partial charge is 0.455 e. The fraction of sp³-hybridized carbons (Fsp3) is 0.0667. The van der Waals surface area contributed by atoms with Crippen LogP contribution in [0, 0.1) is 0 Å². The predicted molar refractivity (Wildman–Crippen MR) is 138 cm³/mol. The second kappa shape index (κ2) is 7.22. The van der Waals surface area contributed by atoms with E-state index in [0.29, 0.717) is 0 Å². The molecule has 4 aromatic carbocycles. The Balaban J connectivity index is 1.79. The van der Waals surface area contributed by atoms with Crippen molar-refractivity contribution in [3.63, 3.8) is 0 Å². The van der Waals surface area contributed by atoms with Crippen LogP contribution in [0.1, 0.15) is 16.7 Å². The molecule has 1 aliphatic rings. The maximum absolute atomic E-state index is 6.55. The Morgan fingerprint density at radius 3 is 1.94 bits per heavy atom. The first-order valence-corrected chi connectivity index (χ1v) is 14.1. The van der Waals surface area contributed by atoms with Crippen molar-refractivity contribution >= 4 is 35.0 Å². The number of benzene rings is 4. The normalized spacial score (nSPS) is 14.7. The lowest BCUT2D eigenvalue weighted by molar-refractivity contribution is 0.630. The van der Waals surface area contributed by atoms with E-state index in [9.17, 15) is 0 Å². The van der Waals surface area contributed by atoms with Gasteiger partial charge in [-0.15, -0.1) is 0 Å². The van der Waals surface area contributed by atoms with Crippen LogP contribution in [0.2, 0.25) is 13.1 Å². The Bertz CT molecular complexity index is 1470. The molecule has 0 saturated heterocycles. The van der Waals surface area contributed by atoms with Crippen molar-refractivity contribution in [3.8, 4) is 11.3 Å². The molecule has 1 aromatic heterocycles. The van der Waals surface area contributed by atoms with E-state index in [0.717, 1.165) is 16.9 Å². The topological polar surface area (TPSA) is 13.1 Å². The number of hydrogen-bond donors (Lipinski definition) is 0. The molecule has 0 fully saturated rings. The fourth-order valence-corrected chi connectivity index (χ4v) is 8.72. The van der Waals surface area contributed by atoms with Gasteiger partial charge in [-0.05, 0) is 33.1 Å². The van der Waals surface area contributed by atoms with Crippen molar-refractivity contribution < 1.29 is 4.42 Å². The molecule has 2 heterocycles. The molecule has 1 nitrogen and oxygen atoms in total. The summed E-state index contributed by atoms with van der Waals surface area (Å²) in [7, 11) is -1.92. The lowest BCUT2D eigenvalue weighted by Gasteiger charge is -2.23. The van der Waals surface area contributed by atoms with Gasteiger partial charge in [0.25, 0.3) is 0 Å². The molecule has 5 aromatic rings. The summed E-state index contributed by atoms with van der Waals surface area (Å²) >= 11 is 0. The number of rotatable bonds is 3. The van der Waals surface area contributed by atoms with E-state index in [1.54, 1.807) is 0 Å². The molecule has 0 spiro atoms. The third kappa shape index (κ3) is 2.77. The van der Waals surface area contributed by atoms with E-state index in [1.165, 1.54) is 38.0 Å². The van der Waals surface area contributed by atoms with Gasteiger partial charge in [0.2, 0.25) is 0 Å². The van der Waals surface area contributed by atoms with Gasteiger partial charge >= 0.3 is 0 Å². The van der Waals surface area contributed by atoms with Crippen LogP contribution >= 0.6 is 0 Å². The second-order valence-corrected chi connectivity index (χ2v) is 13.2. The number of fused-ring (bicyclic) bond motifs is 2. The van der Waals surface area contributed by atoms with Gasteiger partial charge in [0.1, 0.15) is 19.4 Å². The minimum Gasteiger partial charge on any atom is -0.455 e. The van der Waals surface area contributed by atoms with Crippen molar-refractivity contribution in [2.24, 2.45) is 0 Å². The van der Waals surface area contributed by atoms with Crippen LogP contribution in [0.15, 0.2) is 114 Å². The Kier molecular flexibility index (Phi) is 4.31. The van der Waals surface area contributed by atoms with Crippen LogP contribution in [0.5, 0.6) is 0 Å². The fourth-order valence-electron chi connectivity index (χ4n) is 5.28. The van der Waals surface area contributed by atoms with E-state index in [2.05, 4.69) is 122 Å². The molecule has 6 rings (SSSR count). The number of furan rings is 1. The van der Waals surface area contributed by atoms with Crippen LogP contribution in [0.25, 0.3) is 33.1 Å². The van der Waals surface area contributed by atoms with E-state index >= 15 is 0 Å². The molecule has 0 saturated carbocycles. The zero-order chi connectivity index (χ0) is 21.7. The van der Waals surface area contributed by atoms with E-state index in [4.69, 9.17) is 4.42 Å². The molecule has 0 unspecified atom stereocenters. The summed E-state index contributed by atoms with van der Waals surface area (Å²) in [6.07, 6.45) is 0. The highest BCUT2D eigenvalue weighted by molar-refractivity contribution is 7.08. The average Bonchev–Trinajstić information content (AvgIpc) is 3.33. The molecule has 0 bridgehead atoms. The smallest absolute Gasteiger partial charge is 0.143 e. The van der Waals surface area contributed by atoms with Gasteiger partial charge in [-0.3, -0.25) is 0 Å². The van der Waals surface area contributed by atoms with Crippen molar-refractivity contribution in [1.82, 2.24) is 0 Å². The zero-order valence-corrected chi connectivity index (χ0v) is 19.3. The summed E-state index contributed by atoms with van der Waals surface area (Å²) in [6, 6.07) is 38.9. The summed E-state index contributed by atoms with van der Waals surface area (Å²) in [4.78, 5) is 0. The van der Waals surface area contributed by atoms with Crippen LogP contribution in [0.3, 0.4) is 0 Å². The lowest BCUT2D eigenvalue weighted by Crippen LogP contribution is -2.40. The quantitative estimate of drug-likeness (QED) is 0.271. The third-order valence-corrected chi connectivity index (χ3v) is 10.3.